The molecular formula is C14H12BrN3. The van der Waals surface area contributed by atoms with E-state index in [1.807, 2.05) is 36.4 Å². The molecule has 0 spiro atoms. The van der Waals surface area contributed by atoms with Gasteiger partial charge in [0.1, 0.15) is 6.07 Å². The molecule has 3 N–H and O–H groups in total. The number of hydrogen-bond acceptors (Lipinski definition) is 3. The minimum absolute atomic E-state index is 0.619. The van der Waals surface area contributed by atoms with Crippen molar-refractivity contribution in [2.24, 2.45) is 0 Å². The van der Waals surface area contributed by atoms with Crippen molar-refractivity contribution in [3.8, 4) is 6.07 Å². The summed E-state index contributed by atoms with van der Waals surface area (Å²) in [5.74, 6) is 0. The summed E-state index contributed by atoms with van der Waals surface area (Å²) in [5.41, 5.74) is 8.98. The number of rotatable bonds is 3. The van der Waals surface area contributed by atoms with Gasteiger partial charge in [0.2, 0.25) is 0 Å². The van der Waals surface area contributed by atoms with Crippen molar-refractivity contribution in [2.75, 3.05) is 11.1 Å². The molecule has 2 rings (SSSR count). The summed E-state index contributed by atoms with van der Waals surface area (Å²) in [6, 6.07) is 15.4. The van der Waals surface area contributed by atoms with Crippen molar-refractivity contribution in [1.29, 1.82) is 5.26 Å². The molecule has 18 heavy (non-hydrogen) atoms. The van der Waals surface area contributed by atoms with E-state index in [0.29, 0.717) is 12.1 Å². The van der Waals surface area contributed by atoms with Crippen LogP contribution in [-0.4, -0.2) is 0 Å². The fraction of sp³-hybridized carbons (Fsp3) is 0.0714. The summed E-state index contributed by atoms with van der Waals surface area (Å²) in [4.78, 5) is 0. The highest BCUT2D eigenvalue weighted by molar-refractivity contribution is 9.10. The van der Waals surface area contributed by atoms with Gasteiger partial charge in [0, 0.05) is 16.7 Å². The molecule has 0 amide bonds. The third-order valence-corrected chi connectivity index (χ3v) is 3.03. The smallest absolute Gasteiger partial charge is 0.101 e. The largest absolute Gasteiger partial charge is 0.399 e. The highest BCUT2D eigenvalue weighted by Gasteiger charge is 2.02. The van der Waals surface area contributed by atoms with Gasteiger partial charge in [0.15, 0.2) is 0 Å². The average Bonchev–Trinajstić information content (AvgIpc) is 2.37. The number of halogens is 1. The van der Waals surface area contributed by atoms with Gasteiger partial charge in [-0.2, -0.15) is 5.26 Å². The first-order valence-electron chi connectivity index (χ1n) is 5.47. The molecule has 0 aliphatic heterocycles. The van der Waals surface area contributed by atoms with E-state index in [9.17, 15) is 0 Å². The lowest BCUT2D eigenvalue weighted by molar-refractivity contribution is 1.15. The van der Waals surface area contributed by atoms with Crippen molar-refractivity contribution >= 4 is 27.3 Å². The van der Waals surface area contributed by atoms with Crippen molar-refractivity contribution in [1.82, 2.24) is 0 Å². The molecule has 4 heteroatoms. The highest BCUT2D eigenvalue weighted by atomic mass is 79.9. The van der Waals surface area contributed by atoms with Crippen LogP contribution >= 0.6 is 15.9 Å². The van der Waals surface area contributed by atoms with E-state index in [0.717, 1.165) is 21.4 Å². The minimum Gasteiger partial charge on any atom is -0.399 e. The fourth-order valence-corrected chi connectivity index (χ4v) is 2.02. The predicted octanol–water partition coefficient (Wildman–Crippen LogP) is 3.52. The van der Waals surface area contributed by atoms with Crippen LogP contribution in [-0.2, 0) is 6.54 Å². The third-order valence-electron chi connectivity index (χ3n) is 2.54. The second-order valence-corrected chi connectivity index (χ2v) is 4.82. The maximum Gasteiger partial charge on any atom is 0.101 e. The SMILES string of the molecule is N#Cc1cc(Br)ccc1NCc1cccc(N)c1. The predicted molar refractivity (Wildman–Crippen MR) is 77.0 cm³/mol. The Balaban J connectivity index is 2.14. The first-order valence-corrected chi connectivity index (χ1v) is 6.26. The van der Waals surface area contributed by atoms with E-state index < -0.39 is 0 Å². The molecule has 0 aromatic heterocycles. The molecule has 3 nitrogen and oxygen atoms in total. The van der Waals surface area contributed by atoms with Gasteiger partial charge >= 0.3 is 0 Å². The maximum absolute atomic E-state index is 9.05. The molecule has 0 unspecified atom stereocenters. The van der Waals surface area contributed by atoms with Crippen molar-refractivity contribution in [2.45, 2.75) is 6.54 Å². The molecule has 0 atom stereocenters. The van der Waals surface area contributed by atoms with Crippen LogP contribution in [0.4, 0.5) is 11.4 Å². The molecule has 0 saturated heterocycles. The average molecular weight is 302 g/mol. The van der Waals surface area contributed by atoms with Gasteiger partial charge in [0.05, 0.1) is 11.3 Å². The second kappa shape index (κ2) is 5.56. The summed E-state index contributed by atoms with van der Waals surface area (Å²) < 4.78 is 0.897. The molecule has 0 saturated carbocycles. The second-order valence-electron chi connectivity index (χ2n) is 3.90. The monoisotopic (exact) mass is 301 g/mol. The summed E-state index contributed by atoms with van der Waals surface area (Å²) in [7, 11) is 0. The Morgan fingerprint density at radius 1 is 1.22 bits per heavy atom. The number of nitrogens with two attached hydrogens (primary N) is 1. The van der Waals surface area contributed by atoms with Gasteiger partial charge in [-0.15, -0.1) is 0 Å². The number of nitrogen functional groups attached to an aromatic ring is 1. The normalized spacial score (nSPS) is 9.78. The van der Waals surface area contributed by atoms with Crippen LogP contribution in [0.5, 0.6) is 0 Å². The summed E-state index contributed by atoms with van der Waals surface area (Å²) in [6.07, 6.45) is 0. The molecule has 0 fully saturated rings. The third kappa shape index (κ3) is 3.02. The number of nitrogens with zero attached hydrogens (tertiary/aromatic N) is 1. The van der Waals surface area contributed by atoms with Crippen LogP contribution in [0.2, 0.25) is 0 Å². The molecule has 90 valence electrons. The zero-order valence-corrected chi connectivity index (χ0v) is 11.2. The summed E-state index contributed by atoms with van der Waals surface area (Å²) in [6.45, 7) is 0.640. The molecule has 0 heterocycles. The topological polar surface area (TPSA) is 61.8 Å². The number of anilines is 2. The van der Waals surface area contributed by atoms with Crippen LogP contribution < -0.4 is 11.1 Å². The molecule has 0 radical (unpaired) electrons. The van der Waals surface area contributed by atoms with Gasteiger partial charge in [0.25, 0.3) is 0 Å². The first kappa shape index (κ1) is 12.5. The molecule has 0 bridgehead atoms. The first-order chi connectivity index (χ1) is 8.69. The zero-order chi connectivity index (χ0) is 13.0. The van der Waals surface area contributed by atoms with Gasteiger partial charge in [-0.3, -0.25) is 0 Å². The maximum atomic E-state index is 9.05. The van der Waals surface area contributed by atoms with Crippen LogP contribution in [0.1, 0.15) is 11.1 Å². The van der Waals surface area contributed by atoms with E-state index in [-0.39, 0.29) is 0 Å². The van der Waals surface area contributed by atoms with Gasteiger partial charge in [-0.25, -0.2) is 0 Å². The Bertz CT molecular complexity index is 602. The lowest BCUT2D eigenvalue weighted by Crippen LogP contribution is -2.01. The van der Waals surface area contributed by atoms with Crippen LogP contribution in [0.15, 0.2) is 46.9 Å². The Morgan fingerprint density at radius 3 is 2.78 bits per heavy atom. The molecule has 0 aliphatic carbocycles. The van der Waals surface area contributed by atoms with E-state index >= 15 is 0 Å². The lowest BCUT2D eigenvalue weighted by Gasteiger charge is -2.09. The van der Waals surface area contributed by atoms with Crippen molar-refractivity contribution in [3.05, 3.63) is 58.1 Å². The number of nitrogens with one attached hydrogen (secondary N) is 1. The molecule has 2 aromatic rings. The van der Waals surface area contributed by atoms with Crippen molar-refractivity contribution < 1.29 is 0 Å². The summed E-state index contributed by atoms with van der Waals surface area (Å²) in [5, 5.41) is 12.3. The number of benzene rings is 2. The van der Waals surface area contributed by atoms with Gasteiger partial charge in [-0.05, 0) is 35.9 Å². The Labute approximate surface area is 114 Å². The minimum atomic E-state index is 0.619. The summed E-state index contributed by atoms with van der Waals surface area (Å²) >= 11 is 3.35. The van der Waals surface area contributed by atoms with E-state index in [2.05, 4.69) is 27.3 Å². The van der Waals surface area contributed by atoms with Gasteiger partial charge in [-0.1, -0.05) is 28.1 Å². The Hall–Kier alpha value is -1.99. The number of nitriles is 1. The molecule has 2 aromatic carbocycles. The quantitative estimate of drug-likeness (QED) is 0.853. The zero-order valence-electron chi connectivity index (χ0n) is 9.65. The van der Waals surface area contributed by atoms with E-state index in [1.54, 1.807) is 6.07 Å². The molecular weight excluding hydrogens is 290 g/mol. The number of hydrogen-bond donors (Lipinski definition) is 2. The van der Waals surface area contributed by atoms with E-state index in [4.69, 9.17) is 11.0 Å². The molecule has 0 aliphatic rings. The van der Waals surface area contributed by atoms with E-state index in [1.165, 1.54) is 0 Å². The van der Waals surface area contributed by atoms with Crippen LogP contribution in [0.3, 0.4) is 0 Å². The highest BCUT2D eigenvalue weighted by Crippen LogP contribution is 2.21. The van der Waals surface area contributed by atoms with Crippen LogP contribution in [0, 0.1) is 11.3 Å². The Kier molecular flexibility index (Phi) is 3.85. The Morgan fingerprint density at radius 2 is 2.06 bits per heavy atom. The lowest BCUT2D eigenvalue weighted by atomic mass is 10.1. The van der Waals surface area contributed by atoms with Crippen molar-refractivity contribution in [3.63, 3.8) is 0 Å². The standard InChI is InChI=1S/C14H12BrN3/c15-12-4-5-14(11(7-12)8-16)18-9-10-2-1-3-13(17)6-10/h1-7,18H,9,17H2. The van der Waals surface area contributed by atoms with Gasteiger partial charge < -0.3 is 11.1 Å². The fourth-order valence-electron chi connectivity index (χ4n) is 1.66. The van der Waals surface area contributed by atoms with Crippen LogP contribution in [0.25, 0.3) is 0 Å².